The Morgan fingerprint density at radius 2 is 1.79 bits per heavy atom. The number of rotatable bonds is 8. The third-order valence-corrected chi connectivity index (χ3v) is 6.67. The fourth-order valence-corrected chi connectivity index (χ4v) is 4.89. The lowest BCUT2D eigenvalue weighted by Crippen LogP contribution is -2.27. The Kier molecular flexibility index (Phi) is 7.35. The van der Waals surface area contributed by atoms with Gasteiger partial charge in [0.1, 0.15) is 10.4 Å². The third-order valence-electron chi connectivity index (χ3n) is 4.19. The van der Waals surface area contributed by atoms with Crippen molar-refractivity contribution in [2.24, 2.45) is 0 Å². The van der Waals surface area contributed by atoms with Gasteiger partial charge in [-0.15, -0.1) is 11.3 Å². The highest BCUT2D eigenvalue weighted by molar-refractivity contribution is 7.89. The molecule has 0 bridgehead atoms. The summed E-state index contributed by atoms with van der Waals surface area (Å²) in [6, 6.07) is 11.3. The predicted octanol–water partition coefficient (Wildman–Crippen LogP) is 3.28. The molecule has 176 valence electrons. The summed E-state index contributed by atoms with van der Waals surface area (Å²) in [7, 11) is -2.46. The molecule has 1 aromatic carbocycles. The average molecular weight is 493 g/mol. The van der Waals surface area contributed by atoms with Gasteiger partial charge in [0.15, 0.2) is 17.2 Å². The molecule has 2 heterocycles. The van der Waals surface area contributed by atoms with Crippen LogP contribution in [0.3, 0.4) is 0 Å². The minimum Gasteiger partial charge on any atom is -0.479 e. The topological polar surface area (TPSA) is 121 Å². The van der Waals surface area contributed by atoms with E-state index in [0.29, 0.717) is 15.9 Å². The molecular formula is C22H24N2O7S2. The maximum absolute atomic E-state index is 12.4. The first-order chi connectivity index (χ1) is 15.5. The number of nitrogens with zero attached hydrogens (tertiary/aromatic N) is 1. The van der Waals surface area contributed by atoms with Gasteiger partial charge >= 0.3 is 11.9 Å². The van der Waals surface area contributed by atoms with Crippen molar-refractivity contribution in [3.8, 4) is 5.75 Å². The summed E-state index contributed by atoms with van der Waals surface area (Å²) in [6.07, 6.45) is 0. The number of carbonyl (C=O) groups excluding carboxylic acids is 2. The summed E-state index contributed by atoms with van der Waals surface area (Å²) >= 11 is 1.03. The Balaban J connectivity index is 1.83. The minimum atomic E-state index is -3.70. The quantitative estimate of drug-likeness (QED) is 0.476. The molecule has 1 N–H and O–H groups in total. The summed E-state index contributed by atoms with van der Waals surface area (Å²) in [5.74, 6) is -1.06. The third kappa shape index (κ3) is 6.28. The second kappa shape index (κ2) is 9.86. The van der Waals surface area contributed by atoms with E-state index in [4.69, 9.17) is 14.2 Å². The molecule has 0 aliphatic rings. The van der Waals surface area contributed by atoms with E-state index in [9.17, 15) is 18.0 Å². The predicted molar refractivity (Wildman–Crippen MR) is 123 cm³/mol. The van der Waals surface area contributed by atoms with Crippen LogP contribution in [0.2, 0.25) is 0 Å². The molecular weight excluding hydrogens is 468 g/mol. The van der Waals surface area contributed by atoms with Crippen LogP contribution in [-0.2, 0) is 30.8 Å². The monoisotopic (exact) mass is 492 g/mol. The van der Waals surface area contributed by atoms with Crippen LogP contribution in [-0.4, -0.2) is 44.7 Å². The van der Waals surface area contributed by atoms with Crippen molar-refractivity contribution in [3.05, 3.63) is 53.0 Å². The van der Waals surface area contributed by atoms with Crippen molar-refractivity contribution in [3.63, 3.8) is 0 Å². The molecule has 0 unspecified atom stereocenters. The molecule has 0 atom stereocenters. The average Bonchev–Trinajstić information content (AvgIpc) is 3.13. The summed E-state index contributed by atoms with van der Waals surface area (Å²) in [5.41, 5.74) is -0.232. The molecule has 0 aliphatic heterocycles. The number of hydrogen-bond acceptors (Lipinski definition) is 9. The highest BCUT2D eigenvalue weighted by Gasteiger charge is 2.24. The number of thiophene rings is 1. The standard InChI is InChI=1S/C22H24N2O7S2/c1-22(2,3)31-17(25)13-30-18-16-11-10-14(24-20(16)32-19(18)21(26)29-4)12-23-33(27,28)15-8-6-5-7-9-15/h5-11,23H,12-13H2,1-4H3. The van der Waals surface area contributed by atoms with Crippen molar-refractivity contribution < 1.29 is 32.2 Å². The van der Waals surface area contributed by atoms with Gasteiger partial charge in [-0.1, -0.05) is 18.2 Å². The van der Waals surface area contributed by atoms with Crippen molar-refractivity contribution in [2.45, 2.75) is 37.8 Å². The van der Waals surface area contributed by atoms with Gasteiger partial charge in [-0.05, 0) is 45.0 Å². The number of sulfonamides is 1. The highest BCUT2D eigenvalue weighted by Crippen LogP contribution is 2.37. The van der Waals surface area contributed by atoms with E-state index in [1.165, 1.54) is 19.2 Å². The molecule has 0 saturated carbocycles. The van der Waals surface area contributed by atoms with E-state index in [-0.39, 0.29) is 22.1 Å². The fourth-order valence-electron chi connectivity index (χ4n) is 2.82. The van der Waals surface area contributed by atoms with E-state index < -0.39 is 34.2 Å². The van der Waals surface area contributed by atoms with Gasteiger partial charge in [-0.25, -0.2) is 27.7 Å². The smallest absolute Gasteiger partial charge is 0.351 e. The molecule has 9 nitrogen and oxygen atoms in total. The number of ether oxygens (including phenoxy) is 3. The first-order valence-corrected chi connectivity index (χ1v) is 12.2. The van der Waals surface area contributed by atoms with E-state index in [2.05, 4.69) is 9.71 Å². The van der Waals surface area contributed by atoms with Crippen LogP contribution in [0, 0.1) is 0 Å². The first-order valence-electron chi connectivity index (χ1n) is 9.90. The van der Waals surface area contributed by atoms with Gasteiger partial charge in [0, 0.05) is 0 Å². The van der Waals surface area contributed by atoms with Gasteiger partial charge < -0.3 is 14.2 Å². The maximum atomic E-state index is 12.4. The fraction of sp³-hybridized carbons (Fsp3) is 0.318. The van der Waals surface area contributed by atoms with Gasteiger partial charge in [0.25, 0.3) is 0 Å². The summed E-state index contributed by atoms with van der Waals surface area (Å²) < 4.78 is 43.1. The number of fused-ring (bicyclic) bond motifs is 1. The van der Waals surface area contributed by atoms with Crippen molar-refractivity contribution in [2.75, 3.05) is 13.7 Å². The molecule has 0 fully saturated rings. The normalized spacial score (nSPS) is 11.9. The van der Waals surface area contributed by atoms with Crippen molar-refractivity contribution in [1.29, 1.82) is 0 Å². The molecule has 2 aromatic heterocycles. The van der Waals surface area contributed by atoms with Crippen LogP contribution in [0.25, 0.3) is 10.2 Å². The maximum Gasteiger partial charge on any atom is 0.351 e. The largest absolute Gasteiger partial charge is 0.479 e. The molecule has 33 heavy (non-hydrogen) atoms. The van der Waals surface area contributed by atoms with Crippen LogP contribution in [0.4, 0.5) is 0 Å². The zero-order valence-electron chi connectivity index (χ0n) is 18.6. The molecule has 3 aromatic rings. The van der Waals surface area contributed by atoms with Crippen molar-refractivity contribution in [1.82, 2.24) is 9.71 Å². The number of esters is 2. The van der Waals surface area contributed by atoms with E-state index in [0.717, 1.165) is 11.3 Å². The van der Waals surface area contributed by atoms with Crippen LogP contribution in [0.15, 0.2) is 47.4 Å². The van der Waals surface area contributed by atoms with Crippen LogP contribution >= 0.6 is 11.3 Å². The molecule has 11 heteroatoms. The zero-order chi connectivity index (χ0) is 24.2. The summed E-state index contributed by atoms with van der Waals surface area (Å²) in [5, 5.41) is 0.499. The number of nitrogens with one attached hydrogen (secondary N) is 1. The molecule has 0 amide bonds. The lowest BCUT2D eigenvalue weighted by Gasteiger charge is -2.19. The van der Waals surface area contributed by atoms with Crippen LogP contribution in [0.5, 0.6) is 5.75 Å². The van der Waals surface area contributed by atoms with Crippen LogP contribution in [0.1, 0.15) is 36.1 Å². The number of methoxy groups -OCH3 is 1. The molecule has 0 radical (unpaired) electrons. The first kappa shape index (κ1) is 24.6. The Labute approximate surface area is 195 Å². The molecule has 0 spiro atoms. The highest BCUT2D eigenvalue weighted by atomic mass is 32.2. The number of pyridine rings is 1. The van der Waals surface area contributed by atoms with Gasteiger partial charge in [-0.3, -0.25) is 0 Å². The minimum absolute atomic E-state index is 0.0489. The van der Waals surface area contributed by atoms with Gasteiger partial charge in [0.2, 0.25) is 10.0 Å². The number of carbonyl (C=O) groups is 2. The second-order valence-corrected chi connectivity index (χ2v) is 10.7. The second-order valence-electron chi connectivity index (χ2n) is 7.92. The summed E-state index contributed by atoms with van der Waals surface area (Å²) in [4.78, 5) is 29.5. The Hall–Kier alpha value is -3.02. The lowest BCUT2D eigenvalue weighted by molar-refractivity contribution is -0.157. The molecule has 0 saturated heterocycles. The van der Waals surface area contributed by atoms with E-state index in [1.54, 1.807) is 51.1 Å². The zero-order valence-corrected chi connectivity index (χ0v) is 20.2. The number of hydrogen-bond donors (Lipinski definition) is 1. The Morgan fingerprint density at radius 3 is 2.42 bits per heavy atom. The van der Waals surface area contributed by atoms with E-state index in [1.807, 2.05) is 0 Å². The summed E-state index contributed by atoms with van der Waals surface area (Å²) in [6.45, 7) is 4.77. The van der Waals surface area contributed by atoms with Crippen molar-refractivity contribution >= 4 is 43.5 Å². The van der Waals surface area contributed by atoms with Gasteiger partial charge in [-0.2, -0.15) is 0 Å². The SMILES string of the molecule is COC(=O)c1sc2nc(CNS(=O)(=O)c3ccccc3)ccc2c1OCC(=O)OC(C)(C)C. The number of aromatic nitrogens is 1. The van der Waals surface area contributed by atoms with E-state index >= 15 is 0 Å². The Morgan fingerprint density at radius 1 is 1.09 bits per heavy atom. The van der Waals surface area contributed by atoms with Crippen LogP contribution < -0.4 is 9.46 Å². The Bertz CT molecular complexity index is 1260. The van der Waals surface area contributed by atoms with Gasteiger partial charge in [0.05, 0.1) is 29.6 Å². The molecule has 0 aliphatic carbocycles. The molecule has 3 rings (SSSR count). The number of benzene rings is 1. The lowest BCUT2D eigenvalue weighted by atomic mass is 10.2.